The molecule has 6 nitrogen and oxygen atoms in total. The molecule has 0 fully saturated rings. The molecular weight excluding hydrogens is 362 g/mol. The number of phenolic OH excluding ortho intramolecular Hbond substituents is 2. The Kier molecular flexibility index (Phi) is 5.20. The van der Waals surface area contributed by atoms with E-state index >= 15 is 0 Å². The van der Waals surface area contributed by atoms with Gasteiger partial charge in [-0.3, -0.25) is 9.69 Å². The Balaban J connectivity index is 1.85. The number of carbonyl (C=O) groups is 1. The monoisotopic (exact) mass is 377 g/mol. The Morgan fingerprint density at radius 1 is 1.19 bits per heavy atom. The first-order valence-corrected chi connectivity index (χ1v) is 8.80. The average Bonchev–Trinajstić information content (AvgIpc) is 3.18. The molecule has 0 aliphatic carbocycles. The maximum Gasteiger partial charge on any atom is 0.270 e. The maximum atomic E-state index is 12.7. The molecule has 3 aromatic rings. The highest BCUT2D eigenvalue weighted by Crippen LogP contribution is 2.28. The van der Waals surface area contributed by atoms with Gasteiger partial charge in [-0.15, -0.1) is 11.3 Å². The summed E-state index contributed by atoms with van der Waals surface area (Å²) in [4.78, 5) is 18.4. The van der Waals surface area contributed by atoms with Crippen molar-refractivity contribution in [3.63, 3.8) is 0 Å². The lowest BCUT2D eigenvalue weighted by Crippen LogP contribution is -2.27. The minimum Gasteiger partial charge on any atom is -0.504 e. The van der Waals surface area contributed by atoms with Crippen LogP contribution in [0.5, 0.6) is 11.5 Å². The first kappa shape index (κ1) is 18.2. The zero-order valence-electron chi connectivity index (χ0n) is 14.3. The van der Waals surface area contributed by atoms with Crippen molar-refractivity contribution in [2.75, 3.05) is 11.9 Å². The highest BCUT2D eigenvalue weighted by Gasteiger charge is 2.19. The van der Waals surface area contributed by atoms with E-state index in [1.807, 2.05) is 41.8 Å². The summed E-state index contributed by atoms with van der Waals surface area (Å²) in [6.45, 7) is 0. The molecule has 0 unspecified atom stereocenters. The Morgan fingerprint density at radius 2 is 1.93 bits per heavy atom. The van der Waals surface area contributed by atoms with Gasteiger partial charge < -0.3 is 10.2 Å². The van der Waals surface area contributed by atoms with Gasteiger partial charge in [0.2, 0.25) is 0 Å². The predicted molar refractivity (Wildman–Crippen MR) is 104 cm³/mol. The number of nitriles is 1. The van der Waals surface area contributed by atoms with E-state index in [1.54, 1.807) is 7.05 Å². The van der Waals surface area contributed by atoms with E-state index in [4.69, 9.17) is 0 Å². The van der Waals surface area contributed by atoms with Crippen LogP contribution in [0.25, 0.3) is 17.3 Å². The number of phenols is 2. The maximum absolute atomic E-state index is 12.7. The largest absolute Gasteiger partial charge is 0.504 e. The highest BCUT2D eigenvalue weighted by atomic mass is 32.1. The fourth-order valence-electron chi connectivity index (χ4n) is 2.37. The van der Waals surface area contributed by atoms with Gasteiger partial charge in [0.1, 0.15) is 11.6 Å². The normalized spacial score (nSPS) is 11.0. The minimum absolute atomic E-state index is 0.112. The molecule has 2 N–H and O–H groups in total. The van der Waals surface area contributed by atoms with Gasteiger partial charge in [-0.2, -0.15) is 5.26 Å². The first-order valence-electron chi connectivity index (χ1n) is 7.92. The summed E-state index contributed by atoms with van der Waals surface area (Å²) in [5.74, 6) is -1.11. The van der Waals surface area contributed by atoms with Crippen LogP contribution in [0.2, 0.25) is 0 Å². The molecule has 1 aromatic heterocycles. The number of nitrogens with zero attached hydrogens (tertiary/aromatic N) is 3. The van der Waals surface area contributed by atoms with Gasteiger partial charge in [0, 0.05) is 18.0 Å². The molecule has 7 heteroatoms. The molecule has 0 aliphatic rings. The molecule has 0 saturated heterocycles. The van der Waals surface area contributed by atoms with E-state index in [1.165, 1.54) is 40.5 Å². The van der Waals surface area contributed by atoms with Crippen molar-refractivity contribution < 1.29 is 15.0 Å². The molecule has 0 atom stereocenters. The Morgan fingerprint density at radius 3 is 2.59 bits per heavy atom. The van der Waals surface area contributed by atoms with E-state index < -0.39 is 5.91 Å². The molecule has 0 bridgehead atoms. The quantitative estimate of drug-likeness (QED) is 0.409. The molecule has 0 aliphatic heterocycles. The van der Waals surface area contributed by atoms with Gasteiger partial charge in [0.25, 0.3) is 5.91 Å². The summed E-state index contributed by atoms with van der Waals surface area (Å²) >= 11 is 1.30. The van der Waals surface area contributed by atoms with Crippen LogP contribution in [0.1, 0.15) is 5.56 Å². The fraction of sp³-hybridized carbons (Fsp3) is 0.0500. The third-order valence-corrected chi connectivity index (χ3v) is 4.73. The highest BCUT2D eigenvalue weighted by molar-refractivity contribution is 7.14. The second-order valence-electron chi connectivity index (χ2n) is 5.66. The number of anilines is 1. The van der Waals surface area contributed by atoms with Gasteiger partial charge >= 0.3 is 0 Å². The predicted octanol–water partition coefficient (Wildman–Crippen LogP) is 3.79. The second kappa shape index (κ2) is 7.72. The number of benzene rings is 2. The molecule has 27 heavy (non-hydrogen) atoms. The van der Waals surface area contributed by atoms with Crippen LogP contribution >= 0.6 is 11.3 Å². The van der Waals surface area contributed by atoms with E-state index in [9.17, 15) is 20.3 Å². The third kappa shape index (κ3) is 3.97. The molecule has 134 valence electrons. The molecule has 3 rings (SSSR count). The fourth-order valence-corrected chi connectivity index (χ4v) is 3.16. The van der Waals surface area contributed by atoms with Gasteiger partial charge in [-0.25, -0.2) is 4.98 Å². The third-order valence-electron chi connectivity index (χ3n) is 3.81. The van der Waals surface area contributed by atoms with Crippen molar-refractivity contribution in [2.45, 2.75) is 0 Å². The van der Waals surface area contributed by atoms with Gasteiger partial charge in [0.15, 0.2) is 16.6 Å². The molecule has 2 aromatic carbocycles. The summed E-state index contributed by atoms with van der Waals surface area (Å²) in [5.41, 5.74) is 2.00. The van der Waals surface area contributed by atoms with Gasteiger partial charge in [-0.05, 0) is 23.8 Å². The molecule has 1 heterocycles. The summed E-state index contributed by atoms with van der Waals surface area (Å²) in [6, 6.07) is 15.5. The minimum atomic E-state index is -0.515. The number of carbonyl (C=O) groups excluding carboxylic acids is 1. The Bertz CT molecular complexity index is 1050. The SMILES string of the molecule is CN(C(=O)/C(C#N)=C/c1ccc(O)c(O)c1)c1nc(-c2ccccc2)cs1. The summed E-state index contributed by atoms with van der Waals surface area (Å²) in [7, 11) is 1.55. The Hall–Kier alpha value is -3.63. The van der Waals surface area contributed by atoms with Crippen LogP contribution in [-0.2, 0) is 4.79 Å². The lowest BCUT2D eigenvalue weighted by atomic mass is 10.1. The van der Waals surface area contributed by atoms with E-state index in [0.29, 0.717) is 10.7 Å². The van der Waals surface area contributed by atoms with Gasteiger partial charge in [-0.1, -0.05) is 36.4 Å². The number of hydrogen-bond acceptors (Lipinski definition) is 6. The van der Waals surface area contributed by atoms with Crippen LogP contribution in [0.3, 0.4) is 0 Å². The number of aromatic nitrogens is 1. The average molecular weight is 377 g/mol. The number of thiazole rings is 1. The number of amides is 1. The van der Waals surface area contributed by atoms with E-state index in [2.05, 4.69) is 4.98 Å². The number of aromatic hydroxyl groups is 2. The van der Waals surface area contributed by atoms with Crippen molar-refractivity contribution in [3.05, 3.63) is 65.0 Å². The zero-order chi connectivity index (χ0) is 19.4. The van der Waals surface area contributed by atoms with Crippen molar-refractivity contribution in [1.29, 1.82) is 5.26 Å². The Labute approximate surface area is 159 Å². The van der Waals surface area contributed by atoms with E-state index in [0.717, 1.165) is 11.3 Å². The molecule has 1 amide bonds. The zero-order valence-corrected chi connectivity index (χ0v) is 15.1. The van der Waals surface area contributed by atoms with Crippen LogP contribution in [0.15, 0.2) is 59.5 Å². The van der Waals surface area contributed by atoms with Crippen molar-refractivity contribution in [3.8, 4) is 28.8 Å². The van der Waals surface area contributed by atoms with Crippen molar-refractivity contribution in [1.82, 2.24) is 4.98 Å². The number of hydrogen-bond donors (Lipinski definition) is 2. The molecule has 0 radical (unpaired) electrons. The summed E-state index contributed by atoms with van der Waals surface area (Å²) in [6.07, 6.45) is 1.35. The number of rotatable bonds is 4. The van der Waals surface area contributed by atoms with Crippen LogP contribution in [-0.4, -0.2) is 28.2 Å². The van der Waals surface area contributed by atoms with E-state index in [-0.39, 0.29) is 17.1 Å². The molecule has 0 spiro atoms. The lowest BCUT2D eigenvalue weighted by Gasteiger charge is -2.13. The van der Waals surface area contributed by atoms with Crippen molar-refractivity contribution in [2.24, 2.45) is 0 Å². The summed E-state index contributed by atoms with van der Waals surface area (Å²) in [5, 5.41) is 30.6. The summed E-state index contributed by atoms with van der Waals surface area (Å²) < 4.78 is 0. The first-order chi connectivity index (χ1) is 13.0. The lowest BCUT2D eigenvalue weighted by molar-refractivity contribution is -0.114. The second-order valence-corrected chi connectivity index (χ2v) is 6.50. The van der Waals surface area contributed by atoms with Crippen LogP contribution in [0.4, 0.5) is 5.13 Å². The van der Waals surface area contributed by atoms with Crippen molar-refractivity contribution >= 4 is 28.5 Å². The topological polar surface area (TPSA) is 97.5 Å². The smallest absolute Gasteiger partial charge is 0.270 e. The standard InChI is InChI=1S/C20H15N3O3S/c1-23(20-22-16(12-27-20)14-5-3-2-4-6-14)19(26)15(11-21)9-13-7-8-17(24)18(25)10-13/h2-10,12,24-25H,1H3/b15-9+. The number of likely N-dealkylation sites (N-methyl/N-ethyl adjacent to an activating group) is 1. The van der Waals surface area contributed by atoms with Crippen LogP contribution in [0, 0.1) is 11.3 Å². The van der Waals surface area contributed by atoms with Crippen LogP contribution < -0.4 is 4.90 Å². The molecular formula is C20H15N3O3S. The molecule has 0 saturated carbocycles. The van der Waals surface area contributed by atoms with Gasteiger partial charge in [0.05, 0.1) is 5.69 Å².